The van der Waals surface area contributed by atoms with Crippen molar-refractivity contribution in [3.8, 4) is 0 Å². The molecule has 5 nitrogen and oxygen atoms in total. The molecule has 0 N–H and O–H groups in total. The highest BCUT2D eigenvalue weighted by Crippen LogP contribution is 2.28. The van der Waals surface area contributed by atoms with E-state index < -0.39 is 0 Å². The molecule has 0 bridgehead atoms. The van der Waals surface area contributed by atoms with Gasteiger partial charge in [0, 0.05) is 19.6 Å². The lowest BCUT2D eigenvalue weighted by atomic mass is 9.83. The number of carbonyl (C=O) groups is 2. The van der Waals surface area contributed by atoms with Gasteiger partial charge in [0.25, 0.3) is 0 Å². The van der Waals surface area contributed by atoms with E-state index in [0.717, 1.165) is 12.8 Å². The highest BCUT2D eigenvalue weighted by Gasteiger charge is 2.31. The van der Waals surface area contributed by atoms with Crippen molar-refractivity contribution in [1.29, 1.82) is 0 Å². The molecule has 1 heterocycles. The van der Waals surface area contributed by atoms with Crippen molar-refractivity contribution in [2.75, 3.05) is 26.9 Å². The van der Waals surface area contributed by atoms with E-state index in [1.54, 1.807) is 6.92 Å². The summed E-state index contributed by atoms with van der Waals surface area (Å²) in [5.41, 5.74) is 0. The number of rotatable bonds is 6. The molecule has 1 aliphatic rings. The molecular formula is C13H22O5. The minimum absolute atomic E-state index is 0.201. The Morgan fingerprint density at radius 2 is 2.00 bits per heavy atom. The van der Waals surface area contributed by atoms with Crippen molar-refractivity contribution < 1.29 is 23.8 Å². The second-order valence-corrected chi connectivity index (χ2v) is 4.42. The second kappa shape index (κ2) is 8.08. The van der Waals surface area contributed by atoms with E-state index in [4.69, 9.17) is 9.47 Å². The molecule has 1 unspecified atom stereocenters. The van der Waals surface area contributed by atoms with Crippen molar-refractivity contribution in [2.45, 2.75) is 32.6 Å². The maximum atomic E-state index is 11.9. The Hall–Kier alpha value is -1.10. The van der Waals surface area contributed by atoms with Gasteiger partial charge in [0.2, 0.25) is 0 Å². The molecule has 0 aliphatic carbocycles. The van der Waals surface area contributed by atoms with E-state index >= 15 is 0 Å². The molecule has 1 atom stereocenters. The number of methoxy groups -OCH3 is 1. The van der Waals surface area contributed by atoms with Crippen molar-refractivity contribution in [3.05, 3.63) is 0 Å². The molecule has 5 heteroatoms. The van der Waals surface area contributed by atoms with Gasteiger partial charge in [-0.1, -0.05) is 0 Å². The van der Waals surface area contributed by atoms with Crippen LogP contribution in [0.2, 0.25) is 0 Å². The summed E-state index contributed by atoms with van der Waals surface area (Å²) >= 11 is 0. The van der Waals surface area contributed by atoms with Crippen LogP contribution in [-0.4, -0.2) is 38.9 Å². The van der Waals surface area contributed by atoms with Crippen LogP contribution in [0.15, 0.2) is 0 Å². The zero-order chi connectivity index (χ0) is 13.4. The predicted octanol–water partition coefficient (Wildman–Crippen LogP) is 1.55. The molecule has 0 radical (unpaired) electrons. The number of hydrogen-bond acceptors (Lipinski definition) is 5. The third-order valence-corrected chi connectivity index (χ3v) is 3.31. The molecular weight excluding hydrogens is 236 g/mol. The van der Waals surface area contributed by atoms with Crippen molar-refractivity contribution >= 4 is 11.9 Å². The molecule has 104 valence electrons. The molecule has 0 aromatic carbocycles. The van der Waals surface area contributed by atoms with Gasteiger partial charge in [-0.05, 0) is 32.1 Å². The maximum absolute atomic E-state index is 11.9. The molecule has 1 saturated heterocycles. The van der Waals surface area contributed by atoms with Crippen LogP contribution in [0.1, 0.15) is 32.6 Å². The summed E-state index contributed by atoms with van der Waals surface area (Å²) in [4.78, 5) is 23.1. The highest BCUT2D eigenvalue weighted by atomic mass is 16.5. The first-order valence-electron chi connectivity index (χ1n) is 6.50. The summed E-state index contributed by atoms with van der Waals surface area (Å²) in [6, 6.07) is 0. The standard InChI is InChI=1S/C13H22O5/c1-3-18-13(15)11(4-5-12(14)16-2)10-6-8-17-9-7-10/h10-11H,3-9H2,1-2H3. The zero-order valence-corrected chi connectivity index (χ0v) is 11.1. The molecule has 0 saturated carbocycles. The van der Waals surface area contributed by atoms with Crippen LogP contribution >= 0.6 is 0 Å². The Balaban J connectivity index is 2.55. The van der Waals surface area contributed by atoms with Crippen molar-refractivity contribution in [3.63, 3.8) is 0 Å². The SMILES string of the molecule is CCOC(=O)C(CCC(=O)OC)C1CCOCC1. The molecule has 0 aromatic rings. The van der Waals surface area contributed by atoms with Crippen LogP contribution < -0.4 is 0 Å². The molecule has 1 aliphatic heterocycles. The first kappa shape index (κ1) is 15.0. The average Bonchev–Trinajstić information content (AvgIpc) is 2.40. The van der Waals surface area contributed by atoms with E-state index in [1.165, 1.54) is 7.11 Å². The van der Waals surface area contributed by atoms with Gasteiger partial charge in [0.1, 0.15) is 0 Å². The Kier molecular flexibility index (Phi) is 6.72. The molecule has 0 spiro atoms. The number of ether oxygens (including phenoxy) is 3. The maximum Gasteiger partial charge on any atom is 0.309 e. The third kappa shape index (κ3) is 4.64. The monoisotopic (exact) mass is 258 g/mol. The van der Waals surface area contributed by atoms with Crippen molar-refractivity contribution in [2.24, 2.45) is 11.8 Å². The summed E-state index contributed by atoms with van der Waals surface area (Å²) in [6.07, 6.45) is 2.46. The van der Waals surface area contributed by atoms with E-state index in [0.29, 0.717) is 26.2 Å². The molecule has 0 amide bonds. The fourth-order valence-electron chi connectivity index (χ4n) is 2.29. The lowest BCUT2D eigenvalue weighted by Crippen LogP contribution is -2.31. The van der Waals surface area contributed by atoms with E-state index in [9.17, 15) is 9.59 Å². The lowest BCUT2D eigenvalue weighted by Gasteiger charge is -2.28. The normalized spacial score (nSPS) is 18.1. The van der Waals surface area contributed by atoms with Gasteiger partial charge in [-0.15, -0.1) is 0 Å². The molecule has 1 rings (SSSR count). The topological polar surface area (TPSA) is 61.8 Å². The van der Waals surface area contributed by atoms with Gasteiger partial charge < -0.3 is 14.2 Å². The smallest absolute Gasteiger partial charge is 0.309 e. The lowest BCUT2D eigenvalue weighted by molar-refractivity contribution is -0.152. The highest BCUT2D eigenvalue weighted by molar-refractivity contribution is 5.74. The fourth-order valence-corrected chi connectivity index (χ4v) is 2.29. The van der Waals surface area contributed by atoms with Gasteiger partial charge in [-0.25, -0.2) is 0 Å². The van der Waals surface area contributed by atoms with Gasteiger partial charge in [-0.3, -0.25) is 9.59 Å². The van der Waals surface area contributed by atoms with Crippen LogP contribution in [0.4, 0.5) is 0 Å². The minimum Gasteiger partial charge on any atom is -0.469 e. The Bertz CT molecular complexity index is 271. The van der Waals surface area contributed by atoms with Crippen molar-refractivity contribution in [1.82, 2.24) is 0 Å². The van der Waals surface area contributed by atoms with Gasteiger partial charge in [-0.2, -0.15) is 0 Å². The summed E-state index contributed by atoms with van der Waals surface area (Å²) in [7, 11) is 1.36. The molecule has 18 heavy (non-hydrogen) atoms. The average molecular weight is 258 g/mol. The molecule has 0 aromatic heterocycles. The number of carbonyl (C=O) groups excluding carboxylic acids is 2. The molecule has 1 fully saturated rings. The van der Waals surface area contributed by atoms with Crippen LogP contribution in [-0.2, 0) is 23.8 Å². The van der Waals surface area contributed by atoms with Crippen LogP contribution in [0.25, 0.3) is 0 Å². The largest absolute Gasteiger partial charge is 0.469 e. The minimum atomic E-state index is -0.281. The van der Waals surface area contributed by atoms with Gasteiger partial charge in [0.15, 0.2) is 0 Å². The Labute approximate surface area is 108 Å². The van der Waals surface area contributed by atoms with Crippen LogP contribution in [0, 0.1) is 11.8 Å². The number of esters is 2. The summed E-state index contributed by atoms with van der Waals surface area (Å²) in [5.74, 6) is -0.444. The van der Waals surface area contributed by atoms with Gasteiger partial charge in [0.05, 0.1) is 19.6 Å². The quantitative estimate of drug-likeness (QED) is 0.676. The first-order valence-corrected chi connectivity index (χ1v) is 6.50. The van der Waals surface area contributed by atoms with E-state index in [-0.39, 0.29) is 30.2 Å². The fraction of sp³-hybridized carbons (Fsp3) is 0.846. The van der Waals surface area contributed by atoms with Gasteiger partial charge >= 0.3 is 11.9 Å². The summed E-state index contributed by atoms with van der Waals surface area (Å²) in [5, 5.41) is 0. The van der Waals surface area contributed by atoms with Crippen LogP contribution in [0.5, 0.6) is 0 Å². The van der Waals surface area contributed by atoms with E-state index in [2.05, 4.69) is 4.74 Å². The zero-order valence-electron chi connectivity index (χ0n) is 11.1. The Morgan fingerprint density at radius 3 is 2.56 bits per heavy atom. The summed E-state index contributed by atoms with van der Waals surface area (Å²) in [6.45, 7) is 3.52. The van der Waals surface area contributed by atoms with E-state index in [1.807, 2.05) is 0 Å². The second-order valence-electron chi connectivity index (χ2n) is 4.42. The third-order valence-electron chi connectivity index (χ3n) is 3.31. The van der Waals surface area contributed by atoms with Crippen LogP contribution in [0.3, 0.4) is 0 Å². The Morgan fingerprint density at radius 1 is 1.33 bits per heavy atom. The predicted molar refractivity (Wildman–Crippen MR) is 64.9 cm³/mol. The number of hydrogen-bond donors (Lipinski definition) is 0. The summed E-state index contributed by atoms with van der Waals surface area (Å²) < 4.78 is 15.0. The first-order chi connectivity index (χ1) is 8.69.